The van der Waals surface area contributed by atoms with Gasteiger partial charge in [-0.15, -0.1) is 12.4 Å². The largest absolute Gasteiger partial charge is 0.497 e. The van der Waals surface area contributed by atoms with Crippen LogP contribution >= 0.6 is 12.4 Å². The molecule has 2 aromatic carbocycles. The predicted octanol–water partition coefficient (Wildman–Crippen LogP) is 4.65. The number of rotatable bonds is 7. The van der Waals surface area contributed by atoms with E-state index >= 15 is 0 Å². The van der Waals surface area contributed by atoms with Crippen molar-refractivity contribution >= 4 is 24.0 Å². The van der Waals surface area contributed by atoms with E-state index in [1.165, 1.54) is 24.8 Å². The number of nitrogens with one attached hydrogen (secondary N) is 1. The number of carbonyl (C=O) groups excluding carboxylic acids is 1. The van der Waals surface area contributed by atoms with Gasteiger partial charge in [-0.1, -0.05) is 49.6 Å². The van der Waals surface area contributed by atoms with Crippen LogP contribution in [0, 0.1) is 0 Å². The highest BCUT2D eigenvalue weighted by molar-refractivity contribution is 5.85. The molecule has 0 spiro atoms. The maximum atomic E-state index is 12.5. The molecule has 1 amide bonds. The molecule has 1 fully saturated rings. The fraction of sp³-hybridized carbons (Fsp3) is 0.435. The molecule has 0 radical (unpaired) electrons. The lowest BCUT2D eigenvalue weighted by atomic mass is 9.69. The monoisotopic (exact) mass is 402 g/mol. The molecular formula is C23H31ClN2O2. The van der Waals surface area contributed by atoms with E-state index in [0.29, 0.717) is 19.4 Å². The van der Waals surface area contributed by atoms with Gasteiger partial charge in [0.15, 0.2) is 0 Å². The Hall–Kier alpha value is -2.20. The highest BCUT2D eigenvalue weighted by Gasteiger charge is 2.34. The fourth-order valence-corrected chi connectivity index (χ4v) is 4.11. The van der Waals surface area contributed by atoms with Crippen LogP contribution in [-0.4, -0.2) is 19.6 Å². The third-order valence-corrected chi connectivity index (χ3v) is 5.81. The van der Waals surface area contributed by atoms with Crippen LogP contribution in [0.3, 0.4) is 0 Å². The van der Waals surface area contributed by atoms with E-state index < -0.39 is 0 Å². The van der Waals surface area contributed by atoms with Gasteiger partial charge in [-0.25, -0.2) is 0 Å². The predicted molar refractivity (Wildman–Crippen MR) is 117 cm³/mol. The molecule has 28 heavy (non-hydrogen) atoms. The second-order valence-corrected chi connectivity index (χ2v) is 7.55. The average Bonchev–Trinajstić information content (AvgIpc) is 2.72. The van der Waals surface area contributed by atoms with Gasteiger partial charge < -0.3 is 15.8 Å². The molecule has 0 saturated heterocycles. The van der Waals surface area contributed by atoms with E-state index in [2.05, 4.69) is 17.4 Å². The van der Waals surface area contributed by atoms with E-state index in [1.807, 2.05) is 36.4 Å². The van der Waals surface area contributed by atoms with Gasteiger partial charge in [0.05, 0.1) is 7.11 Å². The molecule has 0 heterocycles. The van der Waals surface area contributed by atoms with E-state index in [4.69, 9.17) is 10.5 Å². The summed E-state index contributed by atoms with van der Waals surface area (Å²) in [4.78, 5) is 12.5. The highest BCUT2D eigenvalue weighted by Crippen LogP contribution is 2.39. The lowest BCUT2D eigenvalue weighted by Crippen LogP contribution is -2.42. The summed E-state index contributed by atoms with van der Waals surface area (Å²) in [6.45, 7) is 0.697. The average molecular weight is 403 g/mol. The molecule has 152 valence electrons. The molecule has 0 unspecified atom stereocenters. The van der Waals surface area contributed by atoms with Gasteiger partial charge in [0.2, 0.25) is 5.91 Å². The third-order valence-electron chi connectivity index (χ3n) is 5.81. The first kappa shape index (κ1) is 22.1. The lowest BCUT2D eigenvalue weighted by molar-refractivity contribution is -0.121. The molecule has 1 aliphatic carbocycles. The third kappa shape index (κ3) is 5.41. The zero-order chi connectivity index (χ0) is 19.1. The Kier molecular flexibility index (Phi) is 8.18. The molecule has 4 nitrogen and oxygen atoms in total. The van der Waals surface area contributed by atoms with Crippen molar-refractivity contribution in [1.29, 1.82) is 0 Å². The molecule has 0 atom stereocenters. The van der Waals surface area contributed by atoms with E-state index in [9.17, 15) is 4.79 Å². The van der Waals surface area contributed by atoms with Gasteiger partial charge in [-0.2, -0.15) is 0 Å². The number of benzene rings is 2. The lowest BCUT2D eigenvalue weighted by Gasteiger charge is -2.38. The van der Waals surface area contributed by atoms with E-state index in [0.717, 1.165) is 29.8 Å². The molecule has 0 bridgehead atoms. The van der Waals surface area contributed by atoms with Gasteiger partial charge >= 0.3 is 0 Å². The van der Waals surface area contributed by atoms with Crippen molar-refractivity contribution in [3.05, 3.63) is 59.7 Å². The number of carbonyl (C=O) groups is 1. The molecule has 1 aliphatic rings. The minimum atomic E-state index is 0. The molecule has 3 N–H and O–H groups in total. The summed E-state index contributed by atoms with van der Waals surface area (Å²) in [5.74, 6) is 0.964. The summed E-state index contributed by atoms with van der Waals surface area (Å²) in [5.41, 5.74) is 9.11. The maximum absolute atomic E-state index is 12.5. The Bertz CT molecular complexity index is 755. The van der Waals surface area contributed by atoms with E-state index in [-0.39, 0.29) is 23.7 Å². The number of nitrogens with two attached hydrogens (primary N) is 1. The van der Waals surface area contributed by atoms with Crippen LogP contribution in [0.15, 0.2) is 48.5 Å². The van der Waals surface area contributed by atoms with Crippen LogP contribution in [0.2, 0.25) is 0 Å². The molecule has 1 saturated carbocycles. The van der Waals surface area contributed by atoms with Gasteiger partial charge in [-0.3, -0.25) is 4.79 Å². The van der Waals surface area contributed by atoms with Crippen molar-refractivity contribution in [2.24, 2.45) is 0 Å². The van der Waals surface area contributed by atoms with Crippen molar-refractivity contribution in [2.45, 2.75) is 50.4 Å². The summed E-state index contributed by atoms with van der Waals surface area (Å²) in [6.07, 6.45) is 7.07. The summed E-state index contributed by atoms with van der Waals surface area (Å²) in [6, 6.07) is 16.1. The van der Waals surface area contributed by atoms with Crippen molar-refractivity contribution in [3.63, 3.8) is 0 Å². The molecule has 3 rings (SSSR count). The Morgan fingerprint density at radius 3 is 2.39 bits per heavy atom. The Balaban J connectivity index is 0.00000280. The van der Waals surface area contributed by atoms with Crippen LogP contribution in [0.5, 0.6) is 5.75 Å². The highest BCUT2D eigenvalue weighted by atomic mass is 35.5. The fourth-order valence-electron chi connectivity index (χ4n) is 4.11. The zero-order valence-corrected chi connectivity index (χ0v) is 17.4. The number of amides is 1. The Morgan fingerprint density at radius 2 is 1.75 bits per heavy atom. The smallest absolute Gasteiger partial charge is 0.220 e. The summed E-state index contributed by atoms with van der Waals surface area (Å²) in [7, 11) is 1.69. The number of methoxy groups -OCH3 is 1. The number of para-hydroxylation sites is 1. The summed E-state index contributed by atoms with van der Waals surface area (Å²) in [5, 5.41) is 3.20. The molecule has 0 aromatic heterocycles. The SMILES string of the molecule is COc1ccc(C2(CNC(=O)CCc3ccccc3N)CCCCC2)cc1.Cl. The van der Waals surface area contributed by atoms with Crippen LogP contribution in [0.1, 0.15) is 49.7 Å². The maximum Gasteiger partial charge on any atom is 0.220 e. The number of halogens is 1. The van der Waals surface area contributed by atoms with Gasteiger partial charge in [0, 0.05) is 24.1 Å². The second-order valence-electron chi connectivity index (χ2n) is 7.55. The van der Waals surface area contributed by atoms with Crippen molar-refractivity contribution in [3.8, 4) is 5.75 Å². The van der Waals surface area contributed by atoms with Crippen LogP contribution in [0.4, 0.5) is 5.69 Å². The standard InChI is InChI=1S/C23H30N2O2.ClH/c1-27-20-12-10-19(11-13-20)23(15-5-2-6-16-23)17-25-22(26)14-9-18-7-3-4-8-21(18)24;/h3-4,7-8,10-13H,2,5-6,9,14-17,24H2,1H3,(H,25,26);1H. The van der Waals surface area contributed by atoms with Crippen molar-refractivity contribution in [1.82, 2.24) is 5.32 Å². The van der Waals surface area contributed by atoms with Crippen LogP contribution in [0.25, 0.3) is 0 Å². The Labute approximate surface area is 174 Å². The quantitative estimate of drug-likeness (QED) is 0.662. The number of hydrogen-bond donors (Lipinski definition) is 2. The normalized spacial score (nSPS) is 15.3. The van der Waals surface area contributed by atoms with E-state index in [1.54, 1.807) is 7.11 Å². The number of anilines is 1. The summed E-state index contributed by atoms with van der Waals surface area (Å²) >= 11 is 0. The first-order valence-electron chi connectivity index (χ1n) is 9.88. The molecule has 0 aliphatic heterocycles. The zero-order valence-electron chi connectivity index (χ0n) is 16.6. The van der Waals surface area contributed by atoms with Crippen molar-refractivity contribution < 1.29 is 9.53 Å². The minimum absolute atomic E-state index is 0. The molecule has 2 aromatic rings. The number of aryl methyl sites for hydroxylation is 1. The topological polar surface area (TPSA) is 64.3 Å². The Morgan fingerprint density at radius 1 is 1.07 bits per heavy atom. The minimum Gasteiger partial charge on any atom is -0.497 e. The second kappa shape index (κ2) is 10.4. The first-order valence-corrected chi connectivity index (χ1v) is 9.88. The van der Waals surface area contributed by atoms with Crippen LogP contribution < -0.4 is 15.8 Å². The summed E-state index contributed by atoms with van der Waals surface area (Å²) < 4.78 is 5.29. The van der Waals surface area contributed by atoms with Crippen molar-refractivity contribution in [2.75, 3.05) is 19.4 Å². The van der Waals surface area contributed by atoms with Gasteiger partial charge in [0.1, 0.15) is 5.75 Å². The van der Waals surface area contributed by atoms with Crippen LogP contribution in [-0.2, 0) is 16.6 Å². The molecular weight excluding hydrogens is 372 g/mol. The molecule has 5 heteroatoms. The number of nitrogen functional groups attached to an aromatic ring is 1. The number of hydrogen-bond acceptors (Lipinski definition) is 3. The first-order chi connectivity index (χ1) is 13.1. The van der Waals surface area contributed by atoms with Gasteiger partial charge in [0.25, 0.3) is 0 Å². The number of ether oxygens (including phenoxy) is 1. The van der Waals surface area contributed by atoms with Gasteiger partial charge in [-0.05, 0) is 48.6 Å².